The maximum atomic E-state index is 14.3. The number of carboxylic acids is 1. The number of sulfone groups is 1. The maximum absolute atomic E-state index is 14.3. The number of rotatable bonds is 3. The number of aliphatic carboxylic acids is 1. The van der Waals surface area contributed by atoms with Gasteiger partial charge < -0.3 is 10.0 Å². The average molecular weight is 394 g/mol. The van der Waals surface area contributed by atoms with Crippen LogP contribution in [0.25, 0.3) is 0 Å². The number of amides is 1. The number of carbonyl (C=O) groups is 2. The molecule has 1 aromatic rings. The Bertz CT molecular complexity index is 749. The highest BCUT2D eigenvalue weighted by Crippen LogP contribution is 2.27. The summed E-state index contributed by atoms with van der Waals surface area (Å²) in [6.07, 6.45) is 1.14. The molecule has 1 aromatic carbocycles. The second kappa shape index (κ2) is 5.96. The van der Waals surface area contributed by atoms with Gasteiger partial charge in [-0.15, -0.1) is 0 Å². The molecule has 0 aromatic heterocycles. The Morgan fingerprint density at radius 1 is 1.41 bits per heavy atom. The third kappa shape index (κ3) is 3.30. The van der Waals surface area contributed by atoms with Crippen LogP contribution in [0.3, 0.4) is 0 Å². The lowest BCUT2D eigenvalue weighted by atomic mass is 10.1. The Morgan fingerprint density at radius 2 is 2.05 bits per heavy atom. The summed E-state index contributed by atoms with van der Waals surface area (Å²) in [6, 6.07) is 2.28. The van der Waals surface area contributed by atoms with E-state index < -0.39 is 38.3 Å². The molecule has 1 N–H and O–H groups in total. The summed E-state index contributed by atoms with van der Waals surface area (Å²) >= 11 is 3.06. The molecular weight excluding hydrogens is 381 g/mol. The lowest BCUT2D eigenvalue weighted by molar-refractivity contribution is -0.141. The SMILES string of the molecule is CS(=O)(=O)c1cc(Br)cc(C(=O)N2CC[C@H](C(=O)O)C2)c1F. The van der Waals surface area contributed by atoms with Crippen LogP contribution in [0, 0.1) is 11.7 Å². The molecule has 0 bridgehead atoms. The highest BCUT2D eigenvalue weighted by molar-refractivity contribution is 9.10. The number of benzene rings is 1. The van der Waals surface area contributed by atoms with E-state index in [1.165, 1.54) is 11.0 Å². The van der Waals surface area contributed by atoms with Gasteiger partial charge in [0.15, 0.2) is 15.7 Å². The van der Waals surface area contributed by atoms with Crippen LogP contribution in [-0.2, 0) is 14.6 Å². The number of halogens is 2. The first-order chi connectivity index (χ1) is 10.1. The van der Waals surface area contributed by atoms with Crippen LogP contribution in [-0.4, -0.2) is 49.6 Å². The Morgan fingerprint density at radius 3 is 2.55 bits per heavy atom. The number of carbonyl (C=O) groups excluding carboxylic acids is 1. The highest BCUT2D eigenvalue weighted by atomic mass is 79.9. The van der Waals surface area contributed by atoms with Crippen molar-refractivity contribution < 1.29 is 27.5 Å². The Balaban J connectivity index is 2.39. The van der Waals surface area contributed by atoms with Gasteiger partial charge in [0.1, 0.15) is 4.90 Å². The van der Waals surface area contributed by atoms with E-state index in [9.17, 15) is 22.4 Å². The summed E-state index contributed by atoms with van der Waals surface area (Å²) < 4.78 is 37.8. The van der Waals surface area contributed by atoms with Crippen LogP contribution >= 0.6 is 15.9 Å². The third-order valence-electron chi connectivity index (χ3n) is 3.46. The fraction of sp³-hybridized carbons (Fsp3) is 0.385. The summed E-state index contributed by atoms with van der Waals surface area (Å²) in [5.41, 5.74) is -0.388. The topological polar surface area (TPSA) is 91.8 Å². The van der Waals surface area contributed by atoms with Crippen molar-refractivity contribution in [2.24, 2.45) is 5.92 Å². The second-order valence-corrected chi connectivity index (χ2v) is 8.01. The van der Waals surface area contributed by atoms with Gasteiger partial charge in [-0.1, -0.05) is 15.9 Å². The Hall–Kier alpha value is -1.48. The zero-order valence-corrected chi connectivity index (χ0v) is 13.9. The predicted molar refractivity (Wildman–Crippen MR) is 78.9 cm³/mol. The van der Waals surface area contributed by atoms with Gasteiger partial charge in [0.2, 0.25) is 0 Å². The van der Waals surface area contributed by atoms with Gasteiger partial charge in [-0.2, -0.15) is 0 Å². The van der Waals surface area contributed by atoms with Gasteiger partial charge in [0, 0.05) is 23.8 Å². The molecule has 0 spiro atoms. The van der Waals surface area contributed by atoms with E-state index >= 15 is 0 Å². The zero-order valence-electron chi connectivity index (χ0n) is 11.5. The van der Waals surface area contributed by atoms with E-state index in [4.69, 9.17) is 5.11 Å². The van der Waals surface area contributed by atoms with Gasteiger partial charge in [0.25, 0.3) is 5.91 Å². The predicted octanol–water partition coefficient (Wildman–Crippen LogP) is 1.54. The Kier molecular flexibility index (Phi) is 4.57. The highest BCUT2D eigenvalue weighted by Gasteiger charge is 2.33. The largest absolute Gasteiger partial charge is 0.481 e. The first-order valence-corrected chi connectivity index (χ1v) is 9.01. The quantitative estimate of drug-likeness (QED) is 0.840. The number of carboxylic acid groups (broad SMARTS) is 1. The van der Waals surface area contributed by atoms with Gasteiger partial charge in [-0.25, -0.2) is 12.8 Å². The molecule has 0 unspecified atom stereocenters. The second-order valence-electron chi connectivity index (χ2n) is 5.11. The first kappa shape index (κ1) is 16.9. The van der Waals surface area contributed by atoms with Crippen molar-refractivity contribution in [3.63, 3.8) is 0 Å². The van der Waals surface area contributed by atoms with Crippen molar-refractivity contribution >= 4 is 37.6 Å². The molecule has 9 heteroatoms. The van der Waals surface area contributed by atoms with Crippen LogP contribution < -0.4 is 0 Å². The minimum atomic E-state index is -3.83. The molecule has 1 amide bonds. The first-order valence-electron chi connectivity index (χ1n) is 6.32. The van der Waals surface area contributed by atoms with Crippen molar-refractivity contribution in [2.75, 3.05) is 19.3 Å². The third-order valence-corrected chi connectivity index (χ3v) is 5.01. The minimum Gasteiger partial charge on any atom is -0.481 e. The number of nitrogens with zero attached hydrogens (tertiary/aromatic N) is 1. The lowest BCUT2D eigenvalue weighted by Gasteiger charge is -2.17. The molecule has 22 heavy (non-hydrogen) atoms. The minimum absolute atomic E-state index is 0.0195. The molecule has 6 nitrogen and oxygen atoms in total. The molecular formula is C13H13BrFNO5S. The monoisotopic (exact) mass is 393 g/mol. The van der Waals surface area contributed by atoms with E-state index in [1.54, 1.807) is 0 Å². The van der Waals surface area contributed by atoms with Crippen LogP contribution in [0.15, 0.2) is 21.5 Å². The van der Waals surface area contributed by atoms with Crippen molar-refractivity contribution in [2.45, 2.75) is 11.3 Å². The molecule has 2 rings (SSSR count). The van der Waals surface area contributed by atoms with Crippen molar-refractivity contribution in [1.29, 1.82) is 0 Å². The summed E-state index contributed by atoms with van der Waals surface area (Å²) in [4.78, 5) is 23.9. The van der Waals surface area contributed by atoms with Gasteiger partial charge in [0.05, 0.1) is 11.5 Å². The fourth-order valence-corrected chi connectivity index (χ4v) is 3.69. The lowest BCUT2D eigenvalue weighted by Crippen LogP contribution is -2.31. The molecule has 1 aliphatic rings. The van der Waals surface area contributed by atoms with E-state index in [1.807, 2.05) is 0 Å². The molecule has 1 fully saturated rings. The molecule has 1 saturated heterocycles. The number of hydrogen-bond donors (Lipinski definition) is 1. The van der Waals surface area contributed by atoms with Crippen LogP contribution in [0.4, 0.5) is 4.39 Å². The Labute approximate surface area is 135 Å². The molecule has 0 saturated carbocycles. The zero-order chi connectivity index (χ0) is 16.7. The molecule has 0 radical (unpaired) electrons. The van der Waals surface area contributed by atoms with Crippen molar-refractivity contribution in [1.82, 2.24) is 4.90 Å². The van der Waals surface area contributed by atoms with E-state index in [-0.39, 0.29) is 29.5 Å². The summed E-state index contributed by atoms with van der Waals surface area (Å²) in [7, 11) is -3.83. The van der Waals surface area contributed by atoms with E-state index in [2.05, 4.69) is 15.9 Å². The van der Waals surface area contributed by atoms with Gasteiger partial charge in [-0.05, 0) is 18.6 Å². The van der Waals surface area contributed by atoms with E-state index in [0.717, 1.165) is 12.3 Å². The maximum Gasteiger partial charge on any atom is 0.308 e. The molecule has 120 valence electrons. The van der Waals surface area contributed by atoms with Gasteiger partial charge >= 0.3 is 5.97 Å². The van der Waals surface area contributed by atoms with Crippen molar-refractivity contribution in [3.8, 4) is 0 Å². The van der Waals surface area contributed by atoms with Crippen LogP contribution in [0.5, 0.6) is 0 Å². The molecule has 1 aliphatic heterocycles. The normalized spacial score (nSPS) is 18.5. The van der Waals surface area contributed by atoms with Crippen LogP contribution in [0.1, 0.15) is 16.8 Å². The molecule has 1 heterocycles. The molecule has 0 aliphatic carbocycles. The summed E-state index contributed by atoms with van der Waals surface area (Å²) in [5, 5.41) is 8.93. The molecule has 1 atom stereocenters. The van der Waals surface area contributed by atoms with Gasteiger partial charge in [-0.3, -0.25) is 9.59 Å². The van der Waals surface area contributed by atoms with Crippen molar-refractivity contribution in [3.05, 3.63) is 28.0 Å². The average Bonchev–Trinajstić information content (AvgIpc) is 2.88. The number of hydrogen-bond acceptors (Lipinski definition) is 4. The summed E-state index contributed by atoms with van der Waals surface area (Å²) in [5.74, 6) is -3.53. The number of likely N-dealkylation sites (tertiary alicyclic amines) is 1. The van der Waals surface area contributed by atoms with E-state index in [0.29, 0.717) is 0 Å². The standard InChI is InChI=1S/C13H13BrFNO5S/c1-22(20,21)10-5-8(14)4-9(11(10)15)12(17)16-3-2-7(6-16)13(18)19/h4-5,7H,2-3,6H2,1H3,(H,18,19)/t7-/m0/s1. The summed E-state index contributed by atoms with van der Waals surface area (Å²) in [6.45, 7) is 0.171. The smallest absolute Gasteiger partial charge is 0.308 e. The fourth-order valence-electron chi connectivity index (χ4n) is 2.31. The van der Waals surface area contributed by atoms with Crippen LogP contribution in [0.2, 0.25) is 0 Å².